The summed E-state index contributed by atoms with van der Waals surface area (Å²) in [5.41, 5.74) is 0.139. The molecule has 0 fully saturated rings. The first-order valence-corrected chi connectivity index (χ1v) is 9.05. The van der Waals surface area contributed by atoms with Crippen molar-refractivity contribution in [2.75, 3.05) is 11.8 Å². The maximum atomic E-state index is 13.1. The lowest BCUT2D eigenvalue weighted by Gasteiger charge is -2.14. The van der Waals surface area contributed by atoms with Crippen molar-refractivity contribution in [2.45, 2.75) is 17.9 Å². The van der Waals surface area contributed by atoms with Crippen molar-refractivity contribution in [1.82, 2.24) is 5.32 Å². The van der Waals surface area contributed by atoms with Gasteiger partial charge in [0.2, 0.25) is 0 Å². The van der Waals surface area contributed by atoms with Gasteiger partial charge in [-0.2, -0.15) is 0 Å². The highest BCUT2D eigenvalue weighted by atomic mass is 35.5. The third kappa shape index (κ3) is 4.83. The number of amides is 1. The smallest absolute Gasteiger partial charge is 0.261 e. The summed E-state index contributed by atoms with van der Waals surface area (Å²) in [5, 5.41) is 2.26. The number of ether oxygens (including phenoxy) is 1. The Hall–Kier alpha value is -2.32. The van der Waals surface area contributed by atoms with Crippen molar-refractivity contribution in [3.05, 3.63) is 53.3 Å². The van der Waals surface area contributed by atoms with E-state index in [4.69, 9.17) is 16.3 Å². The molecule has 0 saturated heterocycles. The molecule has 0 aliphatic heterocycles. The number of halogens is 2. The van der Waals surface area contributed by atoms with Gasteiger partial charge in [0, 0.05) is 7.05 Å². The number of carbonyl (C=O) groups excluding carboxylic acids is 1. The van der Waals surface area contributed by atoms with Crippen molar-refractivity contribution >= 4 is 33.2 Å². The van der Waals surface area contributed by atoms with E-state index < -0.39 is 21.9 Å². The fourth-order valence-electron chi connectivity index (χ4n) is 1.93. The molecule has 9 heteroatoms. The van der Waals surface area contributed by atoms with Gasteiger partial charge in [-0.05, 0) is 49.4 Å². The fraction of sp³-hybridized carbons (Fsp3) is 0.188. The number of nitrogens with one attached hydrogen (secondary N) is 2. The van der Waals surface area contributed by atoms with Gasteiger partial charge in [0.25, 0.3) is 15.9 Å². The number of likely N-dealkylation sites (N-methyl/N-ethyl adjacent to an activating group) is 1. The second-order valence-electron chi connectivity index (χ2n) is 5.08. The van der Waals surface area contributed by atoms with E-state index in [2.05, 4.69) is 10.0 Å². The first-order chi connectivity index (χ1) is 11.7. The van der Waals surface area contributed by atoms with Crippen molar-refractivity contribution < 1.29 is 22.3 Å². The highest BCUT2D eigenvalue weighted by Gasteiger charge is 2.16. The van der Waals surface area contributed by atoms with E-state index >= 15 is 0 Å². The topological polar surface area (TPSA) is 84.5 Å². The van der Waals surface area contributed by atoms with Gasteiger partial charge < -0.3 is 10.1 Å². The zero-order valence-electron chi connectivity index (χ0n) is 13.4. The molecule has 0 unspecified atom stereocenters. The Labute approximate surface area is 150 Å². The predicted octanol–water partition coefficient (Wildman–Crippen LogP) is 2.79. The second kappa shape index (κ2) is 7.71. The number of sulfonamides is 1. The van der Waals surface area contributed by atoms with Gasteiger partial charge in [-0.15, -0.1) is 0 Å². The zero-order valence-corrected chi connectivity index (χ0v) is 15.0. The van der Waals surface area contributed by atoms with Gasteiger partial charge in [0.05, 0.1) is 15.6 Å². The average Bonchev–Trinajstić information content (AvgIpc) is 2.57. The Bertz CT molecular complexity index is 872. The van der Waals surface area contributed by atoms with Gasteiger partial charge in [-0.3, -0.25) is 9.52 Å². The van der Waals surface area contributed by atoms with Crippen molar-refractivity contribution in [1.29, 1.82) is 0 Å². The molecule has 1 amide bonds. The van der Waals surface area contributed by atoms with E-state index in [1.807, 2.05) is 0 Å². The van der Waals surface area contributed by atoms with Crippen LogP contribution in [0.3, 0.4) is 0 Å². The van der Waals surface area contributed by atoms with Crippen LogP contribution < -0.4 is 14.8 Å². The molecule has 6 nitrogen and oxygen atoms in total. The molecule has 25 heavy (non-hydrogen) atoms. The molecule has 1 atom stereocenters. The van der Waals surface area contributed by atoms with Crippen LogP contribution in [0.1, 0.15) is 6.92 Å². The summed E-state index contributed by atoms with van der Waals surface area (Å²) in [4.78, 5) is 11.4. The number of carbonyl (C=O) groups is 1. The maximum absolute atomic E-state index is 13.1. The van der Waals surface area contributed by atoms with E-state index in [0.717, 1.165) is 6.07 Å². The minimum Gasteiger partial charge on any atom is -0.481 e. The maximum Gasteiger partial charge on any atom is 0.261 e. The molecule has 134 valence electrons. The molecule has 0 radical (unpaired) electrons. The lowest BCUT2D eigenvalue weighted by atomic mass is 10.3. The largest absolute Gasteiger partial charge is 0.481 e. The summed E-state index contributed by atoms with van der Waals surface area (Å²) in [6.45, 7) is 1.57. The molecule has 2 N–H and O–H groups in total. The Kier molecular flexibility index (Phi) is 5.86. The number of hydrogen-bond donors (Lipinski definition) is 2. The molecular formula is C16H16ClFN2O4S. The van der Waals surface area contributed by atoms with Gasteiger partial charge in [-0.25, -0.2) is 12.8 Å². The van der Waals surface area contributed by atoms with Crippen LogP contribution in [0.2, 0.25) is 5.02 Å². The van der Waals surface area contributed by atoms with Crippen LogP contribution in [0, 0.1) is 5.82 Å². The molecular weight excluding hydrogens is 371 g/mol. The normalized spacial score (nSPS) is 12.3. The minimum atomic E-state index is -3.88. The predicted molar refractivity (Wildman–Crippen MR) is 92.8 cm³/mol. The summed E-state index contributed by atoms with van der Waals surface area (Å²) >= 11 is 5.64. The molecule has 0 aliphatic rings. The summed E-state index contributed by atoms with van der Waals surface area (Å²) < 4.78 is 45.5. The molecule has 2 aromatic rings. The van der Waals surface area contributed by atoms with E-state index in [0.29, 0.717) is 5.75 Å². The van der Waals surface area contributed by atoms with Gasteiger partial charge in [0.1, 0.15) is 11.6 Å². The first kappa shape index (κ1) is 19.0. The molecule has 0 bridgehead atoms. The Morgan fingerprint density at radius 2 is 1.84 bits per heavy atom. The Balaban J connectivity index is 2.14. The van der Waals surface area contributed by atoms with Crippen LogP contribution in [0.5, 0.6) is 5.75 Å². The molecule has 0 aliphatic carbocycles. The number of hydrogen-bond acceptors (Lipinski definition) is 4. The van der Waals surface area contributed by atoms with Crippen LogP contribution in [0.15, 0.2) is 47.4 Å². The van der Waals surface area contributed by atoms with Crippen molar-refractivity contribution in [3.8, 4) is 5.75 Å². The lowest BCUT2D eigenvalue weighted by Crippen LogP contribution is -2.33. The molecule has 0 heterocycles. The molecule has 0 spiro atoms. The van der Waals surface area contributed by atoms with Crippen molar-refractivity contribution in [3.63, 3.8) is 0 Å². The van der Waals surface area contributed by atoms with Crippen LogP contribution in [-0.4, -0.2) is 27.5 Å². The summed E-state index contributed by atoms with van der Waals surface area (Å²) in [6.07, 6.45) is -0.716. The van der Waals surface area contributed by atoms with Crippen LogP contribution in [-0.2, 0) is 14.8 Å². The summed E-state index contributed by atoms with van der Waals surface area (Å²) in [6, 6.07) is 9.05. The standard InChI is InChI=1S/C16H16ClFN2O4S/c1-10(16(21)19-2)24-12-4-6-13(7-5-12)25(22,23)20-11-3-8-15(18)14(17)9-11/h3-10,20H,1-2H3,(H,19,21)/t10-/m1/s1. The average molecular weight is 387 g/mol. The van der Waals surface area contributed by atoms with Crippen LogP contribution in [0.25, 0.3) is 0 Å². The van der Waals surface area contributed by atoms with E-state index in [-0.39, 0.29) is 21.5 Å². The van der Waals surface area contributed by atoms with Crippen molar-refractivity contribution in [2.24, 2.45) is 0 Å². The minimum absolute atomic E-state index is 0.0205. The highest BCUT2D eigenvalue weighted by Crippen LogP contribution is 2.23. The van der Waals surface area contributed by atoms with Gasteiger partial charge in [0.15, 0.2) is 6.10 Å². The summed E-state index contributed by atoms with van der Waals surface area (Å²) in [5.74, 6) is -0.595. The summed E-state index contributed by atoms with van der Waals surface area (Å²) in [7, 11) is -2.38. The molecule has 0 aromatic heterocycles. The van der Waals surface area contributed by atoms with E-state index in [1.165, 1.54) is 43.4 Å². The quantitative estimate of drug-likeness (QED) is 0.799. The second-order valence-corrected chi connectivity index (χ2v) is 7.17. The highest BCUT2D eigenvalue weighted by molar-refractivity contribution is 7.92. The Morgan fingerprint density at radius 1 is 1.20 bits per heavy atom. The monoisotopic (exact) mass is 386 g/mol. The SMILES string of the molecule is CNC(=O)[C@@H](C)Oc1ccc(S(=O)(=O)Nc2ccc(F)c(Cl)c2)cc1. The van der Waals surface area contributed by atoms with Crippen LogP contribution in [0.4, 0.5) is 10.1 Å². The molecule has 0 saturated carbocycles. The number of anilines is 1. The van der Waals surface area contributed by atoms with Gasteiger partial charge in [-0.1, -0.05) is 11.6 Å². The fourth-order valence-corrected chi connectivity index (χ4v) is 3.16. The lowest BCUT2D eigenvalue weighted by molar-refractivity contribution is -0.126. The van der Waals surface area contributed by atoms with E-state index in [9.17, 15) is 17.6 Å². The van der Waals surface area contributed by atoms with Gasteiger partial charge >= 0.3 is 0 Å². The van der Waals surface area contributed by atoms with E-state index in [1.54, 1.807) is 6.92 Å². The van der Waals surface area contributed by atoms with Crippen LogP contribution >= 0.6 is 11.6 Å². The zero-order chi connectivity index (χ0) is 18.6. The number of benzene rings is 2. The molecule has 2 aromatic carbocycles. The molecule has 2 rings (SSSR count). The number of rotatable bonds is 6. The first-order valence-electron chi connectivity index (χ1n) is 7.19. The Morgan fingerprint density at radius 3 is 2.40 bits per heavy atom. The third-order valence-electron chi connectivity index (χ3n) is 3.23. The third-order valence-corrected chi connectivity index (χ3v) is 4.92.